The van der Waals surface area contributed by atoms with Gasteiger partial charge in [0.2, 0.25) is 5.91 Å². The minimum absolute atomic E-state index is 0.161. The van der Waals surface area contributed by atoms with Crippen LogP contribution in [-0.2, 0) is 24.2 Å². The molecule has 2 aromatic heterocycles. The number of aromatic nitrogens is 4. The van der Waals surface area contributed by atoms with Gasteiger partial charge in [0.25, 0.3) is 0 Å². The Bertz CT molecular complexity index is 795. The maximum Gasteiger partial charge on any atom is 0.223 e. The largest absolute Gasteiger partial charge is 0.362 e. The van der Waals surface area contributed by atoms with Crippen LogP contribution in [0.25, 0.3) is 0 Å². The van der Waals surface area contributed by atoms with Gasteiger partial charge in [-0.15, -0.1) is 0 Å². The molecule has 0 saturated carbocycles. The van der Waals surface area contributed by atoms with Crippen molar-refractivity contribution < 1.29 is 4.79 Å². The number of carbonyl (C=O) groups is 1. The van der Waals surface area contributed by atoms with E-state index >= 15 is 0 Å². The van der Waals surface area contributed by atoms with E-state index in [4.69, 9.17) is 0 Å². The van der Waals surface area contributed by atoms with Crippen LogP contribution >= 0.6 is 0 Å². The van der Waals surface area contributed by atoms with Crippen molar-refractivity contribution in [3.05, 3.63) is 34.0 Å². The first-order valence-electron chi connectivity index (χ1n) is 8.68. The summed E-state index contributed by atoms with van der Waals surface area (Å²) in [6.07, 6.45) is 1.95. The molecule has 3 heterocycles. The molecule has 0 spiro atoms. The fraction of sp³-hybridized carbons (Fsp3) is 0.556. The van der Waals surface area contributed by atoms with Gasteiger partial charge in [-0.05, 0) is 32.8 Å². The Balaban J connectivity index is 1.70. The standard InChI is InChI=1S/C18H26N6O/c1-11-12(2)21-22-15(11)6-7-17(25)24-9-8-14-16(10-24)19-13(3)20-18(14)23(4)5/h6-10H2,1-5H3,(H,21,22). The molecule has 1 aliphatic rings. The average molecular weight is 342 g/mol. The minimum atomic E-state index is 0.161. The van der Waals surface area contributed by atoms with Gasteiger partial charge in [-0.1, -0.05) is 0 Å². The number of aryl methyl sites for hydroxylation is 3. The third-order valence-corrected chi connectivity index (χ3v) is 4.86. The summed E-state index contributed by atoms with van der Waals surface area (Å²) in [6.45, 7) is 7.23. The predicted octanol–water partition coefficient (Wildman–Crippen LogP) is 1.71. The van der Waals surface area contributed by atoms with Gasteiger partial charge >= 0.3 is 0 Å². The lowest BCUT2D eigenvalue weighted by atomic mass is 10.0. The van der Waals surface area contributed by atoms with Crippen LogP contribution in [0.1, 0.15) is 40.5 Å². The van der Waals surface area contributed by atoms with E-state index < -0.39 is 0 Å². The molecule has 0 atom stereocenters. The Morgan fingerprint density at radius 2 is 2.00 bits per heavy atom. The van der Waals surface area contributed by atoms with Gasteiger partial charge in [-0.3, -0.25) is 9.89 Å². The summed E-state index contributed by atoms with van der Waals surface area (Å²) in [5, 5.41) is 7.27. The second-order valence-corrected chi connectivity index (χ2v) is 6.90. The number of nitrogens with one attached hydrogen (secondary N) is 1. The van der Waals surface area contributed by atoms with Crippen molar-refractivity contribution in [2.24, 2.45) is 0 Å². The van der Waals surface area contributed by atoms with E-state index in [1.165, 1.54) is 5.56 Å². The maximum atomic E-state index is 12.6. The van der Waals surface area contributed by atoms with Crippen LogP contribution in [0.3, 0.4) is 0 Å². The first-order valence-corrected chi connectivity index (χ1v) is 8.68. The zero-order valence-electron chi connectivity index (χ0n) is 15.7. The molecule has 7 nitrogen and oxygen atoms in total. The molecule has 1 amide bonds. The summed E-state index contributed by atoms with van der Waals surface area (Å²) in [6, 6.07) is 0. The highest BCUT2D eigenvalue weighted by molar-refractivity contribution is 5.77. The molecular weight excluding hydrogens is 316 g/mol. The lowest BCUT2D eigenvalue weighted by molar-refractivity contribution is -0.132. The van der Waals surface area contributed by atoms with Crippen LogP contribution in [0.2, 0.25) is 0 Å². The Labute approximate surface area is 148 Å². The smallest absolute Gasteiger partial charge is 0.223 e. The highest BCUT2D eigenvalue weighted by Gasteiger charge is 2.25. The van der Waals surface area contributed by atoms with E-state index in [1.54, 1.807) is 0 Å². The van der Waals surface area contributed by atoms with Crippen LogP contribution in [0, 0.1) is 20.8 Å². The maximum absolute atomic E-state index is 12.6. The normalized spacial score (nSPS) is 13.7. The van der Waals surface area contributed by atoms with Crippen molar-refractivity contribution in [2.45, 2.75) is 46.6 Å². The Morgan fingerprint density at radius 3 is 2.64 bits per heavy atom. The fourth-order valence-electron chi connectivity index (χ4n) is 3.28. The third kappa shape index (κ3) is 3.50. The van der Waals surface area contributed by atoms with E-state index in [9.17, 15) is 4.79 Å². The molecule has 1 aliphatic heterocycles. The molecule has 0 fully saturated rings. The van der Waals surface area contributed by atoms with E-state index in [-0.39, 0.29) is 5.91 Å². The number of nitrogens with zero attached hydrogens (tertiary/aromatic N) is 5. The van der Waals surface area contributed by atoms with Crippen molar-refractivity contribution in [3.8, 4) is 0 Å². The molecule has 0 unspecified atom stereocenters. The topological polar surface area (TPSA) is 78.0 Å². The van der Waals surface area contributed by atoms with Crippen LogP contribution in [0.15, 0.2) is 0 Å². The molecule has 0 saturated heterocycles. The van der Waals surface area contributed by atoms with Gasteiger partial charge in [-0.2, -0.15) is 5.10 Å². The van der Waals surface area contributed by atoms with E-state index in [2.05, 4.69) is 20.2 Å². The van der Waals surface area contributed by atoms with Crippen LogP contribution < -0.4 is 4.90 Å². The van der Waals surface area contributed by atoms with Gasteiger partial charge in [0, 0.05) is 44.7 Å². The summed E-state index contributed by atoms with van der Waals surface area (Å²) in [7, 11) is 3.99. The predicted molar refractivity (Wildman–Crippen MR) is 96.6 cm³/mol. The third-order valence-electron chi connectivity index (χ3n) is 4.86. The molecular formula is C18H26N6O. The zero-order chi connectivity index (χ0) is 18.1. The van der Waals surface area contributed by atoms with E-state index in [0.717, 1.165) is 47.3 Å². The molecule has 0 aromatic carbocycles. The van der Waals surface area contributed by atoms with Crippen LogP contribution in [0.5, 0.6) is 0 Å². The summed E-state index contributed by atoms with van der Waals surface area (Å²) in [5.74, 6) is 1.88. The molecule has 0 aliphatic carbocycles. The fourth-order valence-corrected chi connectivity index (χ4v) is 3.28. The van der Waals surface area contributed by atoms with Crippen molar-refractivity contribution in [2.75, 3.05) is 25.5 Å². The molecule has 3 rings (SSSR count). The molecule has 7 heteroatoms. The van der Waals surface area contributed by atoms with E-state index in [1.807, 2.05) is 44.7 Å². The molecule has 0 bridgehead atoms. The SMILES string of the molecule is Cc1nc2c(c(N(C)C)n1)CCN(C(=O)CCc1n[nH]c(C)c1C)C2. The van der Waals surface area contributed by atoms with Gasteiger partial charge < -0.3 is 9.80 Å². The van der Waals surface area contributed by atoms with Gasteiger partial charge in [0.05, 0.1) is 17.9 Å². The van der Waals surface area contributed by atoms with Gasteiger partial charge in [0.15, 0.2) is 0 Å². The number of rotatable bonds is 4. The van der Waals surface area contributed by atoms with Crippen molar-refractivity contribution in [1.29, 1.82) is 0 Å². The molecule has 1 N–H and O–H groups in total. The lowest BCUT2D eigenvalue weighted by Gasteiger charge is -2.30. The number of aromatic amines is 1. The van der Waals surface area contributed by atoms with Crippen LogP contribution in [0.4, 0.5) is 5.82 Å². The minimum Gasteiger partial charge on any atom is -0.362 e. The number of H-pyrrole nitrogens is 1. The monoisotopic (exact) mass is 342 g/mol. The number of hydrogen-bond acceptors (Lipinski definition) is 5. The summed E-state index contributed by atoms with van der Waals surface area (Å²) in [4.78, 5) is 25.7. The molecule has 134 valence electrons. The molecule has 2 aromatic rings. The van der Waals surface area contributed by atoms with Crippen LogP contribution in [-0.4, -0.2) is 51.6 Å². The summed E-state index contributed by atoms with van der Waals surface area (Å²) < 4.78 is 0. The zero-order valence-corrected chi connectivity index (χ0v) is 15.7. The van der Waals surface area contributed by atoms with Gasteiger partial charge in [0.1, 0.15) is 11.6 Å². The second-order valence-electron chi connectivity index (χ2n) is 6.90. The van der Waals surface area contributed by atoms with E-state index in [0.29, 0.717) is 19.4 Å². The number of carbonyl (C=O) groups excluding carboxylic acids is 1. The number of hydrogen-bond donors (Lipinski definition) is 1. The Morgan fingerprint density at radius 1 is 1.24 bits per heavy atom. The van der Waals surface area contributed by atoms with Crippen molar-refractivity contribution >= 4 is 11.7 Å². The highest BCUT2D eigenvalue weighted by atomic mass is 16.2. The quantitative estimate of drug-likeness (QED) is 0.915. The first-order chi connectivity index (χ1) is 11.9. The Kier molecular flexibility index (Phi) is 4.74. The summed E-state index contributed by atoms with van der Waals surface area (Å²) >= 11 is 0. The first kappa shape index (κ1) is 17.4. The average Bonchev–Trinajstić information content (AvgIpc) is 2.90. The molecule has 25 heavy (non-hydrogen) atoms. The number of fused-ring (bicyclic) bond motifs is 1. The summed E-state index contributed by atoms with van der Waals surface area (Å²) in [5.41, 5.74) is 5.34. The number of anilines is 1. The van der Waals surface area contributed by atoms with Crippen molar-refractivity contribution in [1.82, 2.24) is 25.1 Å². The highest BCUT2D eigenvalue weighted by Crippen LogP contribution is 2.25. The second kappa shape index (κ2) is 6.82. The van der Waals surface area contributed by atoms with Gasteiger partial charge in [-0.25, -0.2) is 9.97 Å². The molecule has 0 radical (unpaired) electrons. The lowest BCUT2D eigenvalue weighted by Crippen LogP contribution is -2.37. The Hall–Kier alpha value is -2.44. The van der Waals surface area contributed by atoms with Crippen molar-refractivity contribution in [3.63, 3.8) is 0 Å². The number of amides is 1.